The molecular formula is C28H31N9O2S. The third-order valence-electron chi connectivity index (χ3n) is 7.68. The third kappa shape index (κ3) is 4.87. The van der Waals surface area contributed by atoms with Gasteiger partial charge in [0.25, 0.3) is 0 Å². The molecule has 1 saturated carbocycles. The number of nitrogens with zero attached hydrogens (tertiary/aromatic N) is 7. The molecule has 1 saturated heterocycles. The number of aromatic nitrogens is 5. The van der Waals surface area contributed by atoms with E-state index in [0.717, 1.165) is 64.2 Å². The first-order valence-electron chi connectivity index (χ1n) is 13.5. The molecule has 6 rings (SSSR count). The van der Waals surface area contributed by atoms with Crippen LogP contribution in [0.5, 0.6) is 0 Å². The van der Waals surface area contributed by atoms with E-state index in [9.17, 15) is 15.2 Å². The lowest BCUT2D eigenvalue weighted by Gasteiger charge is -2.38. The lowest BCUT2D eigenvalue weighted by Crippen LogP contribution is -2.54. The van der Waals surface area contributed by atoms with Gasteiger partial charge in [-0.1, -0.05) is 11.3 Å². The van der Waals surface area contributed by atoms with Crippen molar-refractivity contribution in [3.8, 4) is 28.0 Å². The molecule has 5 heterocycles. The van der Waals surface area contributed by atoms with E-state index in [1.54, 1.807) is 28.1 Å². The van der Waals surface area contributed by atoms with Gasteiger partial charge in [0.1, 0.15) is 12.2 Å². The minimum Gasteiger partial charge on any atom is -0.384 e. The Kier molecular flexibility index (Phi) is 6.85. The van der Waals surface area contributed by atoms with Gasteiger partial charge in [0.2, 0.25) is 11.0 Å². The summed E-state index contributed by atoms with van der Waals surface area (Å²) in [4.78, 5) is 19.2. The standard InChI is InChI=1S/C28H31N9O2S/c1-15(2)32-22-9-23(24-7-6-20-8-17(10-29)11-31-37(20)24)30-12-21(22)27-34-35-28(40-27)36-13-18-4-5-19(14-36)25(18)33-26(39)16(3)38/h6-9,11-12,15-16,18-19,25,38H,4-5,13-14H2,1-3H3,(H,30,32)(H,33,39)/t16-,18-,19+,25?/m0/s1. The van der Waals surface area contributed by atoms with Crippen molar-refractivity contribution >= 4 is 33.6 Å². The molecule has 0 radical (unpaired) electrons. The summed E-state index contributed by atoms with van der Waals surface area (Å²) in [6.07, 6.45) is 4.48. The number of anilines is 2. The SMILES string of the molecule is CC(C)Nc1cc(-c2ccc3cc(C#N)cnn23)ncc1-c1nnc(N2C[C@H]3CC[C@@H](C2)C3NC(=O)[C@H](C)O)s1. The first-order chi connectivity index (χ1) is 19.3. The number of amides is 1. The molecule has 4 aromatic heterocycles. The monoisotopic (exact) mass is 557 g/mol. The highest BCUT2D eigenvalue weighted by atomic mass is 32.1. The molecule has 2 bridgehead atoms. The summed E-state index contributed by atoms with van der Waals surface area (Å²) < 4.78 is 1.78. The van der Waals surface area contributed by atoms with E-state index in [1.165, 1.54) is 6.92 Å². The molecular weight excluding hydrogens is 526 g/mol. The predicted molar refractivity (Wildman–Crippen MR) is 153 cm³/mol. The number of fused-ring (bicyclic) bond motifs is 3. The van der Waals surface area contributed by atoms with Gasteiger partial charge in [0.05, 0.1) is 34.2 Å². The number of carbonyl (C=O) groups is 1. The minimum atomic E-state index is -0.999. The number of nitrogens with one attached hydrogen (secondary N) is 2. The molecule has 206 valence electrons. The van der Waals surface area contributed by atoms with Crippen LogP contribution in [0.1, 0.15) is 39.2 Å². The Morgan fingerprint density at radius 2 is 1.93 bits per heavy atom. The van der Waals surface area contributed by atoms with E-state index in [4.69, 9.17) is 4.98 Å². The zero-order valence-corrected chi connectivity index (χ0v) is 23.4. The zero-order chi connectivity index (χ0) is 28.0. The fraction of sp³-hybridized carbons (Fsp3) is 0.429. The maximum atomic E-state index is 12.1. The van der Waals surface area contributed by atoms with Crippen LogP contribution < -0.4 is 15.5 Å². The molecule has 12 heteroatoms. The number of pyridine rings is 1. The lowest BCUT2D eigenvalue weighted by atomic mass is 9.92. The van der Waals surface area contributed by atoms with Crippen LogP contribution in [0.3, 0.4) is 0 Å². The smallest absolute Gasteiger partial charge is 0.248 e. The summed E-state index contributed by atoms with van der Waals surface area (Å²) in [5.41, 5.74) is 4.71. The molecule has 1 aliphatic carbocycles. The van der Waals surface area contributed by atoms with Crippen LogP contribution >= 0.6 is 11.3 Å². The van der Waals surface area contributed by atoms with Crippen LogP contribution in [0, 0.1) is 23.2 Å². The van der Waals surface area contributed by atoms with Crippen molar-refractivity contribution in [1.29, 1.82) is 5.26 Å². The highest BCUT2D eigenvalue weighted by Crippen LogP contribution is 2.41. The number of hydrogen-bond donors (Lipinski definition) is 3. The molecule has 0 aromatic carbocycles. The van der Waals surface area contributed by atoms with Gasteiger partial charge in [0, 0.05) is 37.1 Å². The Hall–Kier alpha value is -4.08. The molecule has 3 N–H and O–H groups in total. The molecule has 2 aliphatic rings. The first kappa shape index (κ1) is 26.2. The molecule has 4 aromatic rings. The normalized spacial score (nSPS) is 21.0. The number of aliphatic hydroxyl groups excluding tert-OH is 1. The van der Waals surface area contributed by atoms with Crippen molar-refractivity contribution in [1.82, 2.24) is 30.1 Å². The third-order valence-corrected chi connectivity index (χ3v) is 8.69. The Balaban J connectivity index is 1.26. The molecule has 0 spiro atoms. The minimum absolute atomic E-state index is 0.0930. The van der Waals surface area contributed by atoms with Crippen molar-refractivity contribution in [2.75, 3.05) is 23.3 Å². The van der Waals surface area contributed by atoms with E-state index in [-0.39, 0.29) is 18.0 Å². The molecule has 1 unspecified atom stereocenters. The number of piperidine rings is 1. The highest BCUT2D eigenvalue weighted by Gasteiger charge is 2.43. The first-order valence-corrected chi connectivity index (χ1v) is 14.3. The Morgan fingerprint density at radius 3 is 2.62 bits per heavy atom. The lowest BCUT2D eigenvalue weighted by molar-refractivity contribution is -0.129. The van der Waals surface area contributed by atoms with E-state index in [2.05, 4.69) is 50.7 Å². The summed E-state index contributed by atoms with van der Waals surface area (Å²) in [5.74, 6) is 0.343. The van der Waals surface area contributed by atoms with Crippen molar-refractivity contribution in [3.05, 3.63) is 42.2 Å². The van der Waals surface area contributed by atoms with Gasteiger partial charge < -0.3 is 20.6 Å². The zero-order valence-electron chi connectivity index (χ0n) is 22.6. The second kappa shape index (κ2) is 10.5. The van der Waals surface area contributed by atoms with Gasteiger partial charge in [-0.05, 0) is 69.7 Å². The predicted octanol–water partition coefficient (Wildman–Crippen LogP) is 3.32. The van der Waals surface area contributed by atoms with Crippen molar-refractivity contribution in [2.45, 2.75) is 51.8 Å². The molecule has 2 fully saturated rings. The second-order valence-electron chi connectivity index (χ2n) is 10.9. The van der Waals surface area contributed by atoms with Gasteiger partial charge in [-0.25, -0.2) is 4.52 Å². The number of aliphatic hydroxyl groups is 1. The van der Waals surface area contributed by atoms with Gasteiger partial charge in [0.15, 0.2) is 5.01 Å². The second-order valence-corrected chi connectivity index (χ2v) is 11.9. The van der Waals surface area contributed by atoms with Crippen molar-refractivity contribution in [2.24, 2.45) is 11.8 Å². The Bertz CT molecular complexity index is 1590. The van der Waals surface area contributed by atoms with Crippen LogP contribution in [-0.2, 0) is 4.79 Å². The fourth-order valence-corrected chi connectivity index (χ4v) is 6.69. The average Bonchev–Trinajstić information content (AvgIpc) is 3.64. The number of carbonyl (C=O) groups excluding carboxylic acids is 1. The number of rotatable bonds is 7. The van der Waals surface area contributed by atoms with E-state index in [0.29, 0.717) is 17.4 Å². The molecule has 11 nitrogen and oxygen atoms in total. The molecule has 40 heavy (non-hydrogen) atoms. The van der Waals surface area contributed by atoms with Crippen LogP contribution in [0.4, 0.5) is 10.8 Å². The Morgan fingerprint density at radius 1 is 1.15 bits per heavy atom. The van der Waals surface area contributed by atoms with E-state index in [1.807, 2.05) is 24.4 Å². The Labute approximate surface area is 235 Å². The number of hydrogen-bond acceptors (Lipinski definition) is 10. The summed E-state index contributed by atoms with van der Waals surface area (Å²) in [5, 5.41) is 40.6. The fourth-order valence-electron chi connectivity index (χ4n) is 5.80. The summed E-state index contributed by atoms with van der Waals surface area (Å²) >= 11 is 1.54. The number of nitriles is 1. The maximum Gasteiger partial charge on any atom is 0.248 e. The summed E-state index contributed by atoms with van der Waals surface area (Å²) in [6.45, 7) is 7.27. The van der Waals surface area contributed by atoms with Crippen molar-refractivity contribution in [3.63, 3.8) is 0 Å². The molecule has 1 aliphatic heterocycles. The van der Waals surface area contributed by atoms with Crippen LogP contribution in [0.2, 0.25) is 0 Å². The average molecular weight is 558 g/mol. The van der Waals surface area contributed by atoms with Crippen LogP contribution in [0.25, 0.3) is 27.5 Å². The summed E-state index contributed by atoms with van der Waals surface area (Å²) in [7, 11) is 0. The quantitative estimate of drug-likeness (QED) is 0.312. The van der Waals surface area contributed by atoms with Crippen LogP contribution in [-0.4, -0.2) is 67.1 Å². The van der Waals surface area contributed by atoms with Crippen molar-refractivity contribution < 1.29 is 9.90 Å². The summed E-state index contributed by atoms with van der Waals surface area (Å²) in [6, 6.07) is 10.1. The molecule has 1 amide bonds. The van der Waals surface area contributed by atoms with E-state index < -0.39 is 6.10 Å². The van der Waals surface area contributed by atoms with E-state index >= 15 is 0 Å². The maximum absolute atomic E-state index is 12.1. The van der Waals surface area contributed by atoms with Crippen LogP contribution in [0.15, 0.2) is 36.7 Å². The largest absolute Gasteiger partial charge is 0.384 e. The van der Waals surface area contributed by atoms with Gasteiger partial charge >= 0.3 is 0 Å². The van der Waals surface area contributed by atoms with Gasteiger partial charge in [-0.3, -0.25) is 9.78 Å². The molecule has 4 atom stereocenters. The van der Waals surface area contributed by atoms with Gasteiger partial charge in [-0.2, -0.15) is 10.4 Å². The van der Waals surface area contributed by atoms with Gasteiger partial charge in [-0.15, -0.1) is 10.2 Å². The highest BCUT2D eigenvalue weighted by molar-refractivity contribution is 7.18. The topological polar surface area (TPSA) is 144 Å².